The largest absolute Gasteiger partial charge is 0.466 e. The van der Waals surface area contributed by atoms with Gasteiger partial charge in [0.15, 0.2) is 8.32 Å². The molecule has 0 unspecified atom stereocenters. The van der Waals surface area contributed by atoms with Crippen LogP contribution in [0.2, 0.25) is 18.1 Å². The van der Waals surface area contributed by atoms with Crippen molar-refractivity contribution in [2.24, 2.45) is 5.92 Å². The molecule has 1 rings (SSSR count). The lowest BCUT2D eigenvalue weighted by Gasteiger charge is -2.40. The minimum Gasteiger partial charge on any atom is -0.466 e. The fourth-order valence-corrected chi connectivity index (χ4v) is 3.53. The molecule has 0 saturated carbocycles. The van der Waals surface area contributed by atoms with Crippen molar-refractivity contribution >= 4 is 14.3 Å². The smallest absolute Gasteiger partial charge is 0.330 e. The number of hydrogen-bond acceptors (Lipinski definition) is 4. The maximum absolute atomic E-state index is 11.4. The van der Waals surface area contributed by atoms with Gasteiger partial charge in [-0.05, 0) is 23.7 Å². The molecule has 0 aromatic heterocycles. The fourth-order valence-electron chi connectivity index (χ4n) is 2.14. The zero-order valence-electron chi connectivity index (χ0n) is 17.2. The van der Waals surface area contributed by atoms with E-state index in [2.05, 4.69) is 38.6 Å². The molecule has 146 valence electrons. The molecule has 0 fully saturated rings. The van der Waals surface area contributed by atoms with Crippen LogP contribution in [0.3, 0.4) is 0 Å². The molecule has 1 aromatic carbocycles. The van der Waals surface area contributed by atoms with E-state index in [0.29, 0.717) is 13.2 Å². The highest BCUT2D eigenvalue weighted by Crippen LogP contribution is 2.38. The molecule has 0 bridgehead atoms. The molecule has 0 aliphatic heterocycles. The van der Waals surface area contributed by atoms with Crippen molar-refractivity contribution in [1.82, 2.24) is 0 Å². The molecule has 2 atom stereocenters. The van der Waals surface area contributed by atoms with Gasteiger partial charge in [-0.3, -0.25) is 0 Å². The summed E-state index contributed by atoms with van der Waals surface area (Å²) in [5.41, 5.74) is 1.14. The minimum absolute atomic E-state index is 0.0407. The summed E-state index contributed by atoms with van der Waals surface area (Å²) in [6, 6.07) is 10.1. The van der Waals surface area contributed by atoms with E-state index in [1.165, 1.54) is 13.2 Å². The first-order valence-electron chi connectivity index (χ1n) is 9.12. The number of carbonyl (C=O) groups excluding carboxylic acids is 1. The molecule has 4 nitrogen and oxygen atoms in total. The van der Waals surface area contributed by atoms with Crippen LogP contribution in [0.5, 0.6) is 0 Å². The number of rotatable bonds is 9. The maximum atomic E-state index is 11.4. The molecular formula is C21H34O4Si. The van der Waals surface area contributed by atoms with Crippen LogP contribution in [0.4, 0.5) is 0 Å². The van der Waals surface area contributed by atoms with Crippen LogP contribution in [0, 0.1) is 5.92 Å². The minimum atomic E-state index is -1.95. The van der Waals surface area contributed by atoms with Gasteiger partial charge in [-0.15, -0.1) is 0 Å². The van der Waals surface area contributed by atoms with Gasteiger partial charge in [0.05, 0.1) is 26.4 Å². The zero-order valence-corrected chi connectivity index (χ0v) is 18.2. The van der Waals surface area contributed by atoms with Gasteiger partial charge in [0, 0.05) is 12.0 Å². The third-order valence-electron chi connectivity index (χ3n) is 4.97. The Balaban J connectivity index is 2.80. The van der Waals surface area contributed by atoms with Gasteiger partial charge in [0.2, 0.25) is 0 Å². The Morgan fingerprint density at radius 2 is 1.81 bits per heavy atom. The molecule has 26 heavy (non-hydrogen) atoms. The molecule has 0 heterocycles. The van der Waals surface area contributed by atoms with Gasteiger partial charge in [-0.2, -0.15) is 0 Å². The zero-order chi connectivity index (χ0) is 19.8. The highest BCUT2D eigenvalue weighted by atomic mass is 28.4. The second kappa shape index (κ2) is 10.0. The van der Waals surface area contributed by atoms with Crippen molar-refractivity contribution in [3.05, 3.63) is 48.0 Å². The Hall–Kier alpha value is -1.43. The molecule has 0 spiro atoms. The quantitative estimate of drug-likeness (QED) is 0.346. The normalized spacial score (nSPS) is 15.0. The Bertz CT molecular complexity index is 575. The number of benzene rings is 1. The van der Waals surface area contributed by atoms with Crippen molar-refractivity contribution in [2.45, 2.75) is 58.5 Å². The fraction of sp³-hybridized carbons (Fsp3) is 0.571. The summed E-state index contributed by atoms with van der Waals surface area (Å²) in [4.78, 5) is 11.4. The molecule has 5 heteroatoms. The topological polar surface area (TPSA) is 44.8 Å². The monoisotopic (exact) mass is 378 g/mol. The summed E-state index contributed by atoms with van der Waals surface area (Å²) in [5.74, 6) is -0.313. The predicted molar refractivity (Wildman–Crippen MR) is 108 cm³/mol. The van der Waals surface area contributed by atoms with E-state index in [-0.39, 0.29) is 23.0 Å². The van der Waals surface area contributed by atoms with Crippen LogP contribution < -0.4 is 0 Å². The average molecular weight is 379 g/mol. The molecular weight excluding hydrogens is 344 g/mol. The number of esters is 1. The number of ether oxygens (including phenoxy) is 2. The summed E-state index contributed by atoms with van der Waals surface area (Å²) in [6.45, 7) is 14.2. The van der Waals surface area contributed by atoms with Crippen molar-refractivity contribution < 1.29 is 18.7 Å². The van der Waals surface area contributed by atoms with Crippen molar-refractivity contribution in [2.75, 3.05) is 13.7 Å². The lowest BCUT2D eigenvalue weighted by molar-refractivity contribution is -0.134. The third-order valence-corrected chi connectivity index (χ3v) is 9.47. The standard InChI is InChI=1S/C21H34O4Si/c1-17(13-14-20(22)23-5)19(25-26(6,7)21(2,3)4)16-24-15-18-11-9-8-10-12-18/h8-14,17,19H,15-16H2,1-7H3/b14-13+/t17-,19+/m1/s1. The van der Waals surface area contributed by atoms with Crippen LogP contribution in [0.1, 0.15) is 33.3 Å². The lowest BCUT2D eigenvalue weighted by Crippen LogP contribution is -2.46. The molecule has 0 radical (unpaired) electrons. The first-order valence-corrected chi connectivity index (χ1v) is 12.0. The maximum Gasteiger partial charge on any atom is 0.330 e. The Morgan fingerprint density at radius 1 is 1.19 bits per heavy atom. The predicted octanol–water partition coefficient (Wildman–Crippen LogP) is 4.96. The van der Waals surface area contributed by atoms with E-state index in [4.69, 9.17) is 9.16 Å². The Morgan fingerprint density at radius 3 is 2.35 bits per heavy atom. The molecule has 0 amide bonds. The first-order chi connectivity index (χ1) is 12.1. The van der Waals surface area contributed by atoms with E-state index in [1.54, 1.807) is 0 Å². The highest BCUT2D eigenvalue weighted by molar-refractivity contribution is 6.74. The number of methoxy groups -OCH3 is 1. The average Bonchev–Trinajstić information content (AvgIpc) is 2.58. The van der Waals surface area contributed by atoms with Crippen molar-refractivity contribution in [1.29, 1.82) is 0 Å². The second-order valence-corrected chi connectivity index (χ2v) is 12.9. The van der Waals surface area contributed by atoms with E-state index in [1.807, 2.05) is 43.3 Å². The van der Waals surface area contributed by atoms with Gasteiger partial charge < -0.3 is 13.9 Å². The molecule has 1 aromatic rings. The van der Waals surface area contributed by atoms with Crippen LogP contribution >= 0.6 is 0 Å². The van der Waals surface area contributed by atoms with E-state index >= 15 is 0 Å². The second-order valence-electron chi connectivity index (χ2n) is 8.16. The lowest BCUT2D eigenvalue weighted by atomic mass is 10.1. The van der Waals surface area contributed by atoms with Gasteiger partial charge in [-0.25, -0.2) is 4.79 Å². The van der Waals surface area contributed by atoms with E-state index in [9.17, 15) is 4.79 Å². The van der Waals surface area contributed by atoms with Crippen LogP contribution in [0.15, 0.2) is 42.5 Å². The third kappa shape index (κ3) is 7.44. The van der Waals surface area contributed by atoms with Gasteiger partial charge in [0.1, 0.15) is 0 Å². The van der Waals surface area contributed by atoms with E-state index < -0.39 is 8.32 Å². The van der Waals surface area contributed by atoms with Gasteiger partial charge in [-0.1, -0.05) is 64.1 Å². The van der Waals surface area contributed by atoms with Crippen molar-refractivity contribution in [3.63, 3.8) is 0 Å². The SMILES string of the molecule is COC(=O)/C=C/[C@@H](C)[C@H](COCc1ccccc1)O[Si](C)(C)C(C)(C)C. The van der Waals surface area contributed by atoms with Crippen molar-refractivity contribution in [3.8, 4) is 0 Å². The molecule has 0 aliphatic carbocycles. The number of carbonyl (C=O) groups is 1. The highest BCUT2D eigenvalue weighted by Gasteiger charge is 2.40. The first kappa shape index (κ1) is 22.6. The van der Waals surface area contributed by atoms with Crippen LogP contribution in [0.25, 0.3) is 0 Å². The Kier molecular flexibility index (Phi) is 8.73. The van der Waals surface area contributed by atoms with Gasteiger partial charge >= 0.3 is 5.97 Å². The molecule has 0 saturated heterocycles. The summed E-state index contributed by atoms with van der Waals surface area (Å²) < 4.78 is 17.2. The molecule has 0 N–H and O–H groups in total. The summed E-state index contributed by atoms with van der Waals surface area (Å²) in [6.07, 6.45) is 3.19. The Labute approximate surface area is 159 Å². The van der Waals surface area contributed by atoms with Crippen LogP contribution in [-0.2, 0) is 25.3 Å². The summed E-state index contributed by atoms with van der Waals surface area (Å²) in [5, 5.41) is 0.108. The van der Waals surface area contributed by atoms with Crippen LogP contribution in [-0.4, -0.2) is 34.1 Å². The molecule has 0 aliphatic rings. The van der Waals surface area contributed by atoms with Gasteiger partial charge in [0.25, 0.3) is 0 Å². The summed E-state index contributed by atoms with van der Waals surface area (Å²) >= 11 is 0. The van der Waals surface area contributed by atoms with E-state index in [0.717, 1.165) is 5.56 Å². The number of hydrogen-bond donors (Lipinski definition) is 0. The summed E-state index contributed by atoms with van der Waals surface area (Å²) in [7, 11) is -0.576.